The highest BCUT2D eigenvalue weighted by atomic mass is 19.1. The first kappa shape index (κ1) is 15.9. The monoisotopic (exact) mass is 285 g/mol. The minimum Gasteiger partial charge on any atom is -0.396 e. The molecule has 2 amide bonds. The number of nitrogens with two attached hydrogens (primary N) is 1. The van der Waals surface area contributed by atoms with E-state index in [4.69, 9.17) is 5.73 Å². The largest absolute Gasteiger partial charge is 0.396 e. The lowest BCUT2D eigenvalue weighted by atomic mass is 10.1. The first-order valence-corrected chi connectivity index (χ1v) is 6.21. The number of anilines is 1. The number of hydrogen-bond donors (Lipinski definition) is 2. The van der Waals surface area contributed by atoms with E-state index in [2.05, 4.69) is 5.32 Å². The second-order valence-corrected chi connectivity index (χ2v) is 4.10. The lowest BCUT2D eigenvalue weighted by Crippen LogP contribution is -2.40. The van der Waals surface area contributed by atoms with Crippen LogP contribution in [0.2, 0.25) is 0 Å². The molecule has 20 heavy (non-hydrogen) atoms. The maximum atomic E-state index is 13.4. The van der Waals surface area contributed by atoms with Crippen LogP contribution in [0.3, 0.4) is 0 Å². The van der Waals surface area contributed by atoms with Gasteiger partial charge in [-0.25, -0.2) is 8.78 Å². The number of benzene rings is 1. The van der Waals surface area contributed by atoms with Crippen LogP contribution < -0.4 is 11.1 Å². The fourth-order valence-corrected chi connectivity index (χ4v) is 1.68. The molecular formula is C13H17F2N3O2. The van der Waals surface area contributed by atoms with Crippen molar-refractivity contribution in [1.29, 1.82) is 0 Å². The van der Waals surface area contributed by atoms with Gasteiger partial charge in [0, 0.05) is 19.2 Å². The Morgan fingerprint density at radius 1 is 1.20 bits per heavy atom. The fraction of sp³-hybridized carbons (Fsp3) is 0.385. The lowest BCUT2D eigenvalue weighted by Gasteiger charge is -2.18. The standard InChI is InChI=1S/C13H17F2N3O2/c1-3-18(4-2)12(19)7-17-13(20)8-5-11(16)10(15)6-9(8)14/h5-6H,3-4,7,16H2,1-2H3,(H,17,20). The van der Waals surface area contributed by atoms with Crippen LogP contribution in [0.15, 0.2) is 12.1 Å². The Balaban J connectivity index is 2.73. The average Bonchev–Trinajstić information content (AvgIpc) is 2.41. The number of nitrogens with zero attached hydrogens (tertiary/aromatic N) is 1. The SMILES string of the molecule is CCN(CC)C(=O)CNC(=O)c1cc(N)c(F)cc1F. The zero-order chi connectivity index (χ0) is 15.3. The van der Waals surface area contributed by atoms with Crippen LogP contribution >= 0.6 is 0 Å². The molecule has 0 aliphatic carbocycles. The number of amides is 2. The zero-order valence-electron chi connectivity index (χ0n) is 11.4. The maximum absolute atomic E-state index is 13.4. The summed E-state index contributed by atoms with van der Waals surface area (Å²) in [5.74, 6) is -3.05. The Kier molecular flexibility index (Phi) is 5.42. The summed E-state index contributed by atoms with van der Waals surface area (Å²) in [7, 11) is 0. The van der Waals surface area contributed by atoms with Crippen molar-refractivity contribution in [1.82, 2.24) is 10.2 Å². The van der Waals surface area contributed by atoms with Crippen molar-refractivity contribution in [2.24, 2.45) is 0 Å². The van der Waals surface area contributed by atoms with E-state index >= 15 is 0 Å². The number of rotatable bonds is 5. The van der Waals surface area contributed by atoms with Gasteiger partial charge in [-0.05, 0) is 19.9 Å². The van der Waals surface area contributed by atoms with E-state index in [1.54, 1.807) is 0 Å². The molecule has 0 aliphatic heterocycles. The first-order chi connectivity index (χ1) is 9.40. The van der Waals surface area contributed by atoms with Crippen molar-refractivity contribution in [3.8, 4) is 0 Å². The Bertz CT molecular complexity index is 517. The number of likely N-dealkylation sites (N-methyl/N-ethyl adjacent to an activating group) is 1. The van der Waals surface area contributed by atoms with E-state index in [0.717, 1.165) is 6.07 Å². The van der Waals surface area contributed by atoms with E-state index in [-0.39, 0.29) is 18.1 Å². The van der Waals surface area contributed by atoms with Crippen molar-refractivity contribution in [2.75, 3.05) is 25.4 Å². The van der Waals surface area contributed by atoms with Gasteiger partial charge in [-0.1, -0.05) is 0 Å². The van der Waals surface area contributed by atoms with Gasteiger partial charge in [0.15, 0.2) is 0 Å². The quantitative estimate of drug-likeness (QED) is 0.797. The highest BCUT2D eigenvalue weighted by Crippen LogP contribution is 2.16. The number of nitrogens with one attached hydrogen (secondary N) is 1. The predicted octanol–water partition coefficient (Wildman–Crippen LogP) is 1.15. The Morgan fingerprint density at radius 2 is 1.80 bits per heavy atom. The van der Waals surface area contributed by atoms with E-state index in [1.807, 2.05) is 13.8 Å². The summed E-state index contributed by atoms with van der Waals surface area (Å²) in [6, 6.07) is 1.44. The van der Waals surface area contributed by atoms with Crippen LogP contribution in [-0.2, 0) is 4.79 Å². The summed E-state index contributed by atoms with van der Waals surface area (Å²) in [5, 5.41) is 2.29. The van der Waals surface area contributed by atoms with E-state index in [0.29, 0.717) is 19.2 Å². The predicted molar refractivity (Wildman–Crippen MR) is 71.0 cm³/mol. The molecule has 0 saturated carbocycles. The van der Waals surface area contributed by atoms with Gasteiger partial charge in [-0.3, -0.25) is 9.59 Å². The normalized spacial score (nSPS) is 10.2. The molecule has 0 heterocycles. The molecule has 110 valence electrons. The topological polar surface area (TPSA) is 75.4 Å². The third kappa shape index (κ3) is 3.66. The van der Waals surface area contributed by atoms with Gasteiger partial charge in [0.2, 0.25) is 5.91 Å². The van der Waals surface area contributed by atoms with E-state index in [1.165, 1.54) is 4.90 Å². The number of halogens is 2. The number of carbonyl (C=O) groups is 2. The zero-order valence-corrected chi connectivity index (χ0v) is 11.4. The van der Waals surface area contributed by atoms with Crippen molar-refractivity contribution in [3.05, 3.63) is 29.3 Å². The maximum Gasteiger partial charge on any atom is 0.254 e. The van der Waals surface area contributed by atoms with Gasteiger partial charge in [0.05, 0.1) is 17.8 Å². The fourth-order valence-electron chi connectivity index (χ4n) is 1.68. The molecule has 1 aromatic carbocycles. The smallest absolute Gasteiger partial charge is 0.254 e. The van der Waals surface area contributed by atoms with Crippen molar-refractivity contribution >= 4 is 17.5 Å². The van der Waals surface area contributed by atoms with Crippen LogP contribution in [0.25, 0.3) is 0 Å². The molecular weight excluding hydrogens is 268 g/mol. The van der Waals surface area contributed by atoms with Gasteiger partial charge < -0.3 is 16.0 Å². The highest BCUT2D eigenvalue weighted by molar-refractivity contribution is 5.97. The van der Waals surface area contributed by atoms with E-state index < -0.39 is 23.1 Å². The number of nitrogen functional groups attached to an aromatic ring is 1. The van der Waals surface area contributed by atoms with Gasteiger partial charge in [-0.2, -0.15) is 0 Å². The first-order valence-electron chi connectivity index (χ1n) is 6.21. The molecule has 1 rings (SSSR count). The molecule has 0 unspecified atom stereocenters. The molecule has 1 aromatic rings. The second-order valence-electron chi connectivity index (χ2n) is 4.10. The third-order valence-electron chi connectivity index (χ3n) is 2.85. The van der Waals surface area contributed by atoms with Gasteiger partial charge in [0.25, 0.3) is 5.91 Å². The van der Waals surface area contributed by atoms with Crippen molar-refractivity contribution in [2.45, 2.75) is 13.8 Å². The third-order valence-corrected chi connectivity index (χ3v) is 2.85. The molecule has 0 spiro atoms. The van der Waals surface area contributed by atoms with Gasteiger partial charge in [0.1, 0.15) is 11.6 Å². The summed E-state index contributed by atoms with van der Waals surface area (Å²) in [4.78, 5) is 24.9. The Hall–Kier alpha value is -2.18. The van der Waals surface area contributed by atoms with Crippen molar-refractivity contribution < 1.29 is 18.4 Å². The van der Waals surface area contributed by atoms with Crippen LogP contribution in [0, 0.1) is 11.6 Å². The van der Waals surface area contributed by atoms with Crippen LogP contribution in [0.1, 0.15) is 24.2 Å². The Morgan fingerprint density at radius 3 is 2.35 bits per heavy atom. The summed E-state index contributed by atoms with van der Waals surface area (Å²) in [6.07, 6.45) is 0. The van der Waals surface area contributed by atoms with Crippen LogP contribution in [0.5, 0.6) is 0 Å². The highest BCUT2D eigenvalue weighted by Gasteiger charge is 2.17. The molecule has 0 bridgehead atoms. The number of hydrogen-bond acceptors (Lipinski definition) is 3. The summed E-state index contributed by atoms with van der Waals surface area (Å²) in [5.41, 5.74) is 4.56. The van der Waals surface area contributed by atoms with E-state index in [9.17, 15) is 18.4 Å². The molecule has 7 heteroatoms. The molecule has 0 aliphatic rings. The summed E-state index contributed by atoms with van der Waals surface area (Å²) in [6.45, 7) is 4.40. The second kappa shape index (κ2) is 6.83. The molecule has 0 aromatic heterocycles. The molecule has 0 radical (unpaired) electrons. The molecule has 3 N–H and O–H groups in total. The van der Waals surface area contributed by atoms with Gasteiger partial charge in [-0.15, -0.1) is 0 Å². The van der Waals surface area contributed by atoms with Crippen LogP contribution in [-0.4, -0.2) is 36.3 Å². The Labute approximate surface area is 115 Å². The van der Waals surface area contributed by atoms with Gasteiger partial charge >= 0.3 is 0 Å². The number of carbonyl (C=O) groups excluding carboxylic acids is 2. The molecule has 5 nitrogen and oxygen atoms in total. The molecule has 0 fully saturated rings. The minimum absolute atomic E-state index is 0.253. The summed E-state index contributed by atoms with van der Waals surface area (Å²) >= 11 is 0. The molecule has 0 atom stereocenters. The molecule has 0 saturated heterocycles. The average molecular weight is 285 g/mol. The van der Waals surface area contributed by atoms with Crippen molar-refractivity contribution in [3.63, 3.8) is 0 Å². The summed E-state index contributed by atoms with van der Waals surface area (Å²) < 4.78 is 26.4. The lowest BCUT2D eigenvalue weighted by molar-refractivity contribution is -0.129. The van der Waals surface area contributed by atoms with Crippen LogP contribution in [0.4, 0.5) is 14.5 Å². The minimum atomic E-state index is -1.02.